The van der Waals surface area contributed by atoms with E-state index in [2.05, 4.69) is 15.9 Å². The zero-order chi connectivity index (χ0) is 11.6. The number of halogens is 2. The number of aliphatic hydroxyl groups excluding tert-OH is 2. The molecule has 0 aromatic heterocycles. The molecule has 1 aromatic rings. The summed E-state index contributed by atoms with van der Waals surface area (Å²) in [6.07, 6.45) is -3.86. The summed E-state index contributed by atoms with van der Waals surface area (Å²) < 4.78 is 13.4. The highest BCUT2D eigenvalue weighted by atomic mass is 79.9. The second-order valence-electron chi connectivity index (χ2n) is 2.86. The summed E-state index contributed by atoms with van der Waals surface area (Å²) in [4.78, 5) is 10.4. The highest BCUT2D eigenvalue weighted by molar-refractivity contribution is 9.10. The van der Waals surface area contributed by atoms with Crippen LogP contribution in [0.5, 0.6) is 0 Å². The average molecular weight is 279 g/mol. The van der Waals surface area contributed by atoms with Gasteiger partial charge in [-0.25, -0.2) is 9.18 Å². The normalized spacial score (nSPS) is 14.7. The first-order chi connectivity index (χ1) is 6.95. The Morgan fingerprint density at radius 3 is 2.47 bits per heavy atom. The van der Waals surface area contributed by atoms with Gasteiger partial charge in [0.25, 0.3) is 0 Å². The van der Waals surface area contributed by atoms with Crippen molar-refractivity contribution in [1.29, 1.82) is 0 Å². The summed E-state index contributed by atoms with van der Waals surface area (Å²) in [5, 5.41) is 26.9. The van der Waals surface area contributed by atoms with Crippen molar-refractivity contribution in [2.45, 2.75) is 12.2 Å². The molecule has 2 atom stereocenters. The Hall–Kier alpha value is -0.980. The van der Waals surface area contributed by atoms with Crippen molar-refractivity contribution >= 4 is 21.9 Å². The Kier molecular flexibility index (Phi) is 3.78. The second kappa shape index (κ2) is 4.69. The third-order valence-corrected chi connectivity index (χ3v) is 2.54. The summed E-state index contributed by atoms with van der Waals surface area (Å²) in [7, 11) is 0. The Morgan fingerprint density at radius 2 is 2.00 bits per heavy atom. The van der Waals surface area contributed by atoms with Crippen LogP contribution in [0.15, 0.2) is 22.7 Å². The summed E-state index contributed by atoms with van der Waals surface area (Å²) in [6, 6.07) is 3.90. The fourth-order valence-electron chi connectivity index (χ4n) is 1.09. The van der Waals surface area contributed by atoms with Crippen molar-refractivity contribution in [1.82, 2.24) is 0 Å². The number of hydrogen-bond acceptors (Lipinski definition) is 3. The van der Waals surface area contributed by atoms with Crippen LogP contribution < -0.4 is 0 Å². The predicted octanol–water partition coefficient (Wildman–Crippen LogP) is 1.07. The minimum atomic E-state index is -2.06. The maximum absolute atomic E-state index is 13.2. The third-order valence-electron chi connectivity index (χ3n) is 1.85. The summed E-state index contributed by atoms with van der Waals surface area (Å²) >= 11 is 2.96. The number of benzene rings is 1. The molecule has 1 rings (SSSR count). The molecule has 0 aliphatic rings. The van der Waals surface area contributed by atoms with E-state index in [0.29, 0.717) is 0 Å². The van der Waals surface area contributed by atoms with E-state index in [4.69, 9.17) is 10.2 Å². The van der Waals surface area contributed by atoms with Crippen LogP contribution in [0, 0.1) is 5.82 Å². The van der Waals surface area contributed by atoms with Crippen molar-refractivity contribution < 1.29 is 24.5 Å². The standard InChI is InChI=1S/C9H8BrFO4/c10-4-2-1-3-5(11)6(4)7(12)8(13)9(14)15/h1-3,7-8,12-13H,(H,14,15). The van der Waals surface area contributed by atoms with E-state index in [1.165, 1.54) is 12.1 Å². The minimum Gasteiger partial charge on any atom is -0.479 e. The smallest absolute Gasteiger partial charge is 0.335 e. The molecule has 0 saturated heterocycles. The number of aliphatic carboxylic acids is 1. The van der Waals surface area contributed by atoms with E-state index in [0.717, 1.165) is 6.07 Å². The molecule has 0 radical (unpaired) electrons. The third kappa shape index (κ3) is 2.53. The zero-order valence-electron chi connectivity index (χ0n) is 7.39. The monoisotopic (exact) mass is 278 g/mol. The Balaban J connectivity index is 3.10. The Bertz CT molecular complexity index is 362. The molecular weight excluding hydrogens is 271 g/mol. The number of rotatable bonds is 3. The molecule has 0 aliphatic carbocycles. The van der Waals surface area contributed by atoms with Gasteiger partial charge < -0.3 is 15.3 Å². The van der Waals surface area contributed by atoms with E-state index in [9.17, 15) is 14.3 Å². The van der Waals surface area contributed by atoms with Crippen LogP contribution in [0.25, 0.3) is 0 Å². The predicted molar refractivity (Wildman–Crippen MR) is 52.7 cm³/mol. The SMILES string of the molecule is O=C(O)C(O)C(O)c1c(F)cccc1Br. The van der Waals surface area contributed by atoms with Gasteiger partial charge in [0, 0.05) is 10.0 Å². The molecule has 0 bridgehead atoms. The van der Waals surface area contributed by atoms with Gasteiger partial charge in [-0.05, 0) is 12.1 Å². The van der Waals surface area contributed by atoms with Crippen LogP contribution in [0.1, 0.15) is 11.7 Å². The molecular formula is C9H8BrFO4. The summed E-state index contributed by atoms with van der Waals surface area (Å²) in [6.45, 7) is 0. The van der Waals surface area contributed by atoms with Gasteiger partial charge in [0.1, 0.15) is 11.9 Å². The number of carboxylic acid groups (broad SMARTS) is 1. The topological polar surface area (TPSA) is 77.8 Å². The van der Waals surface area contributed by atoms with E-state index >= 15 is 0 Å². The van der Waals surface area contributed by atoms with Gasteiger partial charge in [-0.2, -0.15) is 0 Å². The molecule has 0 fully saturated rings. The van der Waals surface area contributed by atoms with Crippen LogP contribution in [0.3, 0.4) is 0 Å². The van der Waals surface area contributed by atoms with Gasteiger partial charge in [0.15, 0.2) is 6.10 Å². The van der Waals surface area contributed by atoms with Gasteiger partial charge in [-0.1, -0.05) is 22.0 Å². The van der Waals surface area contributed by atoms with Gasteiger partial charge >= 0.3 is 5.97 Å². The van der Waals surface area contributed by atoms with Crippen molar-refractivity contribution in [2.75, 3.05) is 0 Å². The molecule has 2 unspecified atom stereocenters. The van der Waals surface area contributed by atoms with Crippen molar-refractivity contribution in [2.24, 2.45) is 0 Å². The number of carboxylic acids is 1. The Labute approximate surface area is 93.1 Å². The highest BCUT2D eigenvalue weighted by Gasteiger charge is 2.28. The molecule has 1 aromatic carbocycles. The first-order valence-electron chi connectivity index (χ1n) is 3.98. The molecule has 0 heterocycles. The highest BCUT2D eigenvalue weighted by Crippen LogP contribution is 2.28. The number of hydrogen-bond donors (Lipinski definition) is 3. The lowest BCUT2D eigenvalue weighted by molar-refractivity contribution is -0.153. The van der Waals surface area contributed by atoms with Gasteiger partial charge in [-0.3, -0.25) is 0 Å². The lowest BCUT2D eigenvalue weighted by Crippen LogP contribution is -2.28. The van der Waals surface area contributed by atoms with Gasteiger partial charge in [-0.15, -0.1) is 0 Å². The maximum Gasteiger partial charge on any atom is 0.335 e. The van der Waals surface area contributed by atoms with Crippen molar-refractivity contribution in [3.05, 3.63) is 34.1 Å². The van der Waals surface area contributed by atoms with Crippen molar-refractivity contribution in [3.8, 4) is 0 Å². The van der Waals surface area contributed by atoms with Gasteiger partial charge in [0.2, 0.25) is 0 Å². The molecule has 4 nitrogen and oxygen atoms in total. The first kappa shape index (κ1) is 12.1. The molecule has 0 amide bonds. The van der Waals surface area contributed by atoms with E-state index in [1.807, 2.05) is 0 Å². The van der Waals surface area contributed by atoms with Crippen LogP contribution in [0.4, 0.5) is 4.39 Å². The molecule has 3 N–H and O–H groups in total. The Morgan fingerprint density at radius 1 is 1.40 bits per heavy atom. The molecule has 82 valence electrons. The van der Waals surface area contributed by atoms with Crippen LogP contribution in [0.2, 0.25) is 0 Å². The van der Waals surface area contributed by atoms with Gasteiger partial charge in [0.05, 0.1) is 0 Å². The second-order valence-corrected chi connectivity index (χ2v) is 3.72. The van der Waals surface area contributed by atoms with E-state index < -0.39 is 24.0 Å². The fraction of sp³-hybridized carbons (Fsp3) is 0.222. The summed E-state index contributed by atoms with van der Waals surface area (Å²) in [5.74, 6) is -2.39. The van der Waals surface area contributed by atoms with E-state index in [1.54, 1.807) is 0 Å². The minimum absolute atomic E-state index is 0.204. The van der Waals surface area contributed by atoms with Crippen LogP contribution in [-0.2, 0) is 4.79 Å². The number of aliphatic hydroxyl groups is 2. The largest absolute Gasteiger partial charge is 0.479 e. The quantitative estimate of drug-likeness (QED) is 0.773. The molecule has 0 aliphatic heterocycles. The lowest BCUT2D eigenvalue weighted by atomic mass is 10.0. The lowest BCUT2D eigenvalue weighted by Gasteiger charge is -2.16. The van der Waals surface area contributed by atoms with Crippen molar-refractivity contribution in [3.63, 3.8) is 0 Å². The van der Waals surface area contributed by atoms with E-state index in [-0.39, 0.29) is 10.0 Å². The van der Waals surface area contributed by atoms with Crippen LogP contribution >= 0.6 is 15.9 Å². The van der Waals surface area contributed by atoms with Crippen LogP contribution in [-0.4, -0.2) is 27.4 Å². The fourth-order valence-corrected chi connectivity index (χ4v) is 1.66. The maximum atomic E-state index is 13.2. The number of carbonyl (C=O) groups is 1. The molecule has 0 saturated carbocycles. The molecule has 0 spiro atoms. The average Bonchev–Trinajstić information content (AvgIpc) is 2.15. The summed E-state index contributed by atoms with van der Waals surface area (Å²) in [5.41, 5.74) is -0.271. The molecule has 15 heavy (non-hydrogen) atoms. The first-order valence-corrected chi connectivity index (χ1v) is 4.77. The zero-order valence-corrected chi connectivity index (χ0v) is 8.98. The molecule has 6 heteroatoms.